The van der Waals surface area contributed by atoms with E-state index in [1.807, 2.05) is 37.3 Å². The Morgan fingerprint density at radius 1 is 1.00 bits per heavy atom. The van der Waals surface area contributed by atoms with E-state index in [-0.39, 0.29) is 12.4 Å². The fourth-order valence-electron chi connectivity index (χ4n) is 3.61. The van der Waals surface area contributed by atoms with E-state index >= 15 is 0 Å². The van der Waals surface area contributed by atoms with Crippen molar-refractivity contribution in [3.8, 4) is 11.5 Å². The lowest BCUT2D eigenvalue weighted by Gasteiger charge is -2.24. The van der Waals surface area contributed by atoms with Crippen molar-refractivity contribution >= 4 is 35.6 Å². The summed E-state index contributed by atoms with van der Waals surface area (Å²) in [5.41, 5.74) is 2.18. The van der Waals surface area contributed by atoms with E-state index in [1.54, 1.807) is 0 Å². The molecule has 0 aromatic heterocycles. The first-order chi connectivity index (χ1) is 13.1. The molecule has 0 aliphatic heterocycles. The summed E-state index contributed by atoms with van der Waals surface area (Å²) in [6.07, 6.45) is 5.23. The summed E-state index contributed by atoms with van der Waals surface area (Å²) >= 11 is 12.5. The van der Waals surface area contributed by atoms with Gasteiger partial charge in [0, 0.05) is 17.6 Å². The predicted octanol–water partition coefficient (Wildman–Crippen LogP) is 6.77. The van der Waals surface area contributed by atoms with Crippen LogP contribution in [-0.4, -0.2) is 24.6 Å². The van der Waals surface area contributed by atoms with Crippen LogP contribution in [0.25, 0.3) is 0 Å². The van der Waals surface area contributed by atoms with Gasteiger partial charge in [-0.05, 0) is 62.2 Å². The molecule has 0 bridgehead atoms. The van der Waals surface area contributed by atoms with Gasteiger partial charge in [-0.2, -0.15) is 0 Å². The van der Waals surface area contributed by atoms with Gasteiger partial charge >= 0.3 is 0 Å². The smallest absolute Gasteiger partial charge is 0.180 e. The first-order valence-corrected chi connectivity index (χ1v) is 10.3. The number of hydrogen-bond acceptors (Lipinski definition) is 3. The first-order valence-electron chi connectivity index (χ1n) is 9.59. The van der Waals surface area contributed by atoms with Crippen LogP contribution in [-0.2, 0) is 13.2 Å². The van der Waals surface area contributed by atoms with Gasteiger partial charge in [-0.3, -0.25) is 4.90 Å². The second kappa shape index (κ2) is 11.2. The summed E-state index contributed by atoms with van der Waals surface area (Å²) in [5.74, 6) is 1.30. The van der Waals surface area contributed by atoms with E-state index in [0.717, 1.165) is 17.7 Å². The molecule has 3 rings (SSSR count). The fraction of sp³-hybridized carbons (Fsp3) is 0.455. The monoisotopic (exact) mass is 443 g/mol. The number of hydrogen-bond donors (Lipinski definition) is 0. The molecule has 3 nitrogen and oxygen atoms in total. The molecule has 0 atom stereocenters. The highest BCUT2D eigenvalue weighted by Crippen LogP contribution is 2.38. The Labute approximate surface area is 184 Å². The summed E-state index contributed by atoms with van der Waals surface area (Å²) < 4.78 is 11.8. The van der Waals surface area contributed by atoms with E-state index in [1.165, 1.54) is 25.7 Å². The van der Waals surface area contributed by atoms with E-state index < -0.39 is 0 Å². The van der Waals surface area contributed by atoms with Crippen LogP contribution in [0.3, 0.4) is 0 Å². The topological polar surface area (TPSA) is 21.7 Å². The molecule has 28 heavy (non-hydrogen) atoms. The normalized spacial score (nSPS) is 14.2. The molecule has 0 amide bonds. The van der Waals surface area contributed by atoms with Gasteiger partial charge in [-0.1, -0.05) is 48.2 Å². The second-order valence-electron chi connectivity index (χ2n) is 7.11. The molecule has 1 saturated carbocycles. The van der Waals surface area contributed by atoms with Crippen molar-refractivity contribution in [3.63, 3.8) is 0 Å². The highest BCUT2D eigenvalue weighted by Gasteiger charge is 2.21. The fourth-order valence-corrected chi connectivity index (χ4v) is 4.03. The van der Waals surface area contributed by atoms with Crippen molar-refractivity contribution in [3.05, 3.63) is 57.6 Å². The third-order valence-corrected chi connectivity index (χ3v) is 5.58. The number of halogens is 3. The van der Waals surface area contributed by atoms with Gasteiger partial charge in [0.2, 0.25) is 0 Å². The lowest BCUT2D eigenvalue weighted by Crippen LogP contribution is -2.28. The number of nitrogens with zero attached hydrogens (tertiary/aromatic N) is 1. The molecule has 0 N–H and O–H groups in total. The minimum atomic E-state index is 0. The molecular formula is C22H28Cl3NO2. The van der Waals surface area contributed by atoms with E-state index in [0.29, 0.717) is 40.8 Å². The van der Waals surface area contributed by atoms with Crippen LogP contribution in [0.15, 0.2) is 36.4 Å². The van der Waals surface area contributed by atoms with Crippen molar-refractivity contribution in [1.29, 1.82) is 0 Å². The average Bonchev–Trinajstić information content (AvgIpc) is 3.18. The Morgan fingerprint density at radius 2 is 1.68 bits per heavy atom. The molecule has 154 valence electrons. The number of ether oxygens (including phenoxy) is 2. The van der Waals surface area contributed by atoms with Gasteiger partial charge < -0.3 is 9.47 Å². The van der Waals surface area contributed by atoms with Gasteiger partial charge in [-0.15, -0.1) is 12.4 Å². The Kier molecular flexibility index (Phi) is 9.23. The lowest BCUT2D eigenvalue weighted by molar-refractivity contribution is 0.236. The minimum Gasteiger partial charge on any atom is -0.490 e. The van der Waals surface area contributed by atoms with Crippen molar-refractivity contribution in [2.24, 2.45) is 0 Å². The van der Waals surface area contributed by atoms with Gasteiger partial charge in [-0.25, -0.2) is 0 Å². The zero-order valence-corrected chi connectivity index (χ0v) is 18.7. The maximum absolute atomic E-state index is 6.56. The van der Waals surface area contributed by atoms with Gasteiger partial charge in [0.15, 0.2) is 11.5 Å². The molecule has 2 aromatic rings. The molecular weight excluding hydrogens is 417 g/mol. The average molecular weight is 445 g/mol. The third kappa shape index (κ3) is 6.18. The summed E-state index contributed by atoms with van der Waals surface area (Å²) in [4.78, 5) is 2.42. The second-order valence-corrected chi connectivity index (χ2v) is 7.95. The molecule has 6 heteroatoms. The van der Waals surface area contributed by atoms with Crippen LogP contribution in [0.2, 0.25) is 10.0 Å². The maximum Gasteiger partial charge on any atom is 0.180 e. The van der Waals surface area contributed by atoms with Crippen LogP contribution in [0, 0.1) is 0 Å². The van der Waals surface area contributed by atoms with Crippen LogP contribution in [0.1, 0.15) is 43.7 Å². The van der Waals surface area contributed by atoms with Gasteiger partial charge in [0.05, 0.1) is 11.6 Å². The molecule has 2 aromatic carbocycles. The van der Waals surface area contributed by atoms with Crippen molar-refractivity contribution in [1.82, 2.24) is 4.90 Å². The van der Waals surface area contributed by atoms with Crippen LogP contribution in [0.5, 0.6) is 11.5 Å². The highest BCUT2D eigenvalue weighted by molar-refractivity contribution is 6.32. The first kappa shape index (κ1) is 23.2. The summed E-state index contributed by atoms with van der Waals surface area (Å²) in [6, 6.07) is 12.3. The maximum atomic E-state index is 6.56. The predicted molar refractivity (Wildman–Crippen MR) is 119 cm³/mol. The van der Waals surface area contributed by atoms with Crippen molar-refractivity contribution in [2.75, 3.05) is 13.7 Å². The van der Waals surface area contributed by atoms with Crippen molar-refractivity contribution < 1.29 is 9.47 Å². The standard InChI is InChI=1S/C22H27Cl2NO2.ClH/c1-3-26-21-13-17(14-25(2)19-6-4-5-7-19)12-20(24)22(21)27-15-16-8-10-18(23)11-9-16;/h8-13,19H,3-7,14-15H2,1-2H3;1H. The number of benzene rings is 2. The molecule has 0 radical (unpaired) electrons. The van der Waals surface area contributed by atoms with Crippen molar-refractivity contribution in [2.45, 2.75) is 51.8 Å². The summed E-state index contributed by atoms with van der Waals surface area (Å²) in [5, 5.41) is 1.30. The summed E-state index contributed by atoms with van der Waals surface area (Å²) in [6.45, 7) is 3.81. The summed E-state index contributed by atoms with van der Waals surface area (Å²) in [7, 11) is 2.19. The Balaban J connectivity index is 0.00000280. The molecule has 0 unspecified atom stereocenters. The van der Waals surface area contributed by atoms with E-state index in [2.05, 4.69) is 18.0 Å². The molecule has 0 saturated heterocycles. The Morgan fingerprint density at radius 3 is 2.32 bits per heavy atom. The van der Waals surface area contributed by atoms with Crippen LogP contribution < -0.4 is 9.47 Å². The lowest BCUT2D eigenvalue weighted by atomic mass is 10.1. The molecule has 0 spiro atoms. The Bertz CT molecular complexity index is 746. The molecule has 1 aliphatic carbocycles. The highest BCUT2D eigenvalue weighted by atomic mass is 35.5. The van der Waals surface area contributed by atoms with E-state index in [9.17, 15) is 0 Å². The molecule has 1 aliphatic rings. The van der Waals surface area contributed by atoms with Gasteiger partial charge in [0.1, 0.15) is 6.61 Å². The zero-order chi connectivity index (χ0) is 19.2. The van der Waals surface area contributed by atoms with Gasteiger partial charge in [0.25, 0.3) is 0 Å². The van der Waals surface area contributed by atoms with E-state index in [4.69, 9.17) is 32.7 Å². The Hall–Kier alpha value is -1.13. The largest absolute Gasteiger partial charge is 0.490 e. The quantitative estimate of drug-likeness (QED) is 0.448. The zero-order valence-electron chi connectivity index (χ0n) is 16.4. The number of rotatable bonds is 8. The third-order valence-electron chi connectivity index (χ3n) is 5.05. The molecule has 0 heterocycles. The van der Waals surface area contributed by atoms with Crippen LogP contribution in [0.4, 0.5) is 0 Å². The SMILES string of the molecule is CCOc1cc(CN(C)C2CCCC2)cc(Cl)c1OCc1ccc(Cl)cc1.Cl. The van der Waals surface area contributed by atoms with Crippen LogP contribution >= 0.6 is 35.6 Å². The minimum absolute atomic E-state index is 0. The molecule has 1 fully saturated rings.